The quantitative estimate of drug-likeness (QED) is 0.533. The zero-order chi connectivity index (χ0) is 22.3. The fraction of sp³-hybridized carbons (Fsp3) is 0.682. The fourth-order valence-corrected chi connectivity index (χ4v) is 5.16. The van der Waals surface area contributed by atoms with Crippen molar-refractivity contribution in [1.82, 2.24) is 9.80 Å². The van der Waals surface area contributed by atoms with E-state index in [9.17, 15) is 14.9 Å². The van der Waals surface area contributed by atoms with Crippen LogP contribution in [0, 0.1) is 10.1 Å². The van der Waals surface area contributed by atoms with E-state index in [-0.39, 0.29) is 17.8 Å². The summed E-state index contributed by atoms with van der Waals surface area (Å²) in [7, 11) is 1.46. The van der Waals surface area contributed by atoms with Gasteiger partial charge in [-0.3, -0.25) is 15.0 Å². The minimum atomic E-state index is -0.466. The lowest BCUT2D eigenvalue weighted by Crippen LogP contribution is -2.55. The Bertz CT molecular complexity index is 847. The lowest BCUT2D eigenvalue weighted by atomic mass is 10.0. The van der Waals surface area contributed by atoms with Gasteiger partial charge in [0.05, 0.1) is 12.0 Å². The summed E-state index contributed by atoms with van der Waals surface area (Å²) in [6.07, 6.45) is 2.91. The van der Waals surface area contributed by atoms with Gasteiger partial charge in [0.15, 0.2) is 5.75 Å². The summed E-state index contributed by atoms with van der Waals surface area (Å²) in [5.41, 5.74) is 0.482. The molecular weight excluding hydrogens is 400 g/mol. The number of piperidine rings is 1. The van der Waals surface area contributed by atoms with E-state index in [0.717, 1.165) is 51.1 Å². The molecule has 0 unspecified atom stereocenters. The number of piperazine rings is 1. The number of benzene rings is 1. The van der Waals surface area contributed by atoms with Gasteiger partial charge in [-0.15, -0.1) is 0 Å². The monoisotopic (exact) mass is 432 g/mol. The Hall–Kier alpha value is -2.55. The molecule has 0 radical (unpaired) electrons. The van der Waals surface area contributed by atoms with Gasteiger partial charge in [-0.2, -0.15) is 0 Å². The number of nitro groups is 1. The topological polar surface area (TPSA) is 88.4 Å². The zero-order valence-corrected chi connectivity index (χ0v) is 18.7. The standard InChI is InChI=1S/C22H32N4O5/c1-22(2,3)31-21(27)25-14-17-11-18(25)13-24(17)15-7-9-23(10-8-15)16-5-6-19(26(28)29)20(12-16)30-4/h5-6,12,15,17-18H,7-11,13-14H2,1-4H3/t17-,18-/m0/s1. The summed E-state index contributed by atoms with van der Waals surface area (Å²) >= 11 is 0. The second kappa shape index (κ2) is 8.18. The molecular formula is C22H32N4O5. The van der Waals surface area contributed by atoms with Crippen LogP contribution in [-0.4, -0.2) is 77.8 Å². The number of ether oxygens (including phenoxy) is 2. The number of rotatable bonds is 4. The first-order valence-corrected chi connectivity index (χ1v) is 11.0. The van der Waals surface area contributed by atoms with Gasteiger partial charge in [0.1, 0.15) is 5.60 Å². The molecule has 0 aliphatic carbocycles. The molecule has 170 valence electrons. The summed E-state index contributed by atoms with van der Waals surface area (Å²) in [4.78, 5) is 29.9. The van der Waals surface area contributed by atoms with Crippen LogP contribution < -0.4 is 9.64 Å². The van der Waals surface area contributed by atoms with E-state index in [1.54, 1.807) is 12.1 Å². The number of methoxy groups -OCH3 is 1. The second-order valence-electron chi connectivity index (χ2n) is 9.70. The molecule has 31 heavy (non-hydrogen) atoms. The van der Waals surface area contributed by atoms with Crippen LogP contribution in [0.2, 0.25) is 0 Å². The van der Waals surface area contributed by atoms with Gasteiger partial charge in [0.2, 0.25) is 0 Å². The molecule has 0 N–H and O–H groups in total. The van der Waals surface area contributed by atoms with Crippen LogP contribution in [0.15, 0.2) is 18.2 Å². The van der Waals surface area contributed by atoms with E-state index in [1.807, 2.05) is 25.7 Å². The van der Waals surface area contributed by atoms with Crippen molar-refractivity contribution in [3.63, 3.8) is 0 Å². The van der Waals surface area contributed by atoms with Gasteiger partial charge in [-0.1, -0.05) is 0 Å². The van der Waals surface area contributed by atoms with Crippen molar-refractivity contribution < 1.29 is 19.2 Å². The van der Waals surface area contributed by atoms with Crippen LogP contribution in [0.5, 0.6) is 5.75 Å². The van der Waals surface area contributed by atoms with E-state index < -0.39 is 10.5 Å². The van der Waals surface area contributed by atoms with E-state index in [1.165, 1.54) is 13.2 Å². The highest BCUT2D eigenvalue weighted by molar-refractivity contribution is 5.69. The Morgan fingerprint density at radius 2 is 1.84 bits per heavy atom. The van der Waals surface area contributed by atoms with Crippen LogP contribution in [-0.2, 0) is 4.74 Å². The average molecular weight is 433 g/mol. The Kier molecular flexibility index (Phi) is 5.72. The predicted octanol–water partition coefficient (Wildman–Crippen LogP) is 3.27. The number of carbonyl (C=O) groups is 1. The van der Waals surface area contributed by atoms with E-state index >= 15 is 0 Å². The van der Waals surface area contributed by atoms with Gasteiger partial charge >= 0.3 is 11.8 Å². The molecule has 9 heteroatoms. The minimum absolute atomic E-state index is 0.0104. The third-order valence-corrected chi connectivity index (χ3v) is 6.57. The Morgan fingerprint density at radius 3 is 2.39 bits per heavy atom. The fourth-order valence-electron chi connectivity index (χ4n) is 5.16. The first-order chi connectivity index (χ1) is 14.7. The maximum Gasteiger partial charge on any atom is 0.410 e. The first-order valence-electron chi connectivity index (χ1n) is 11.0. The highest BCUT2D eigenvalue weighted by Gasteiger charge is 2.48. The maximum atomic E-state index is 12.5. The average Bonchev–Trinajstić information content (AvgIpc) is 3.33. The Morgan fingerprint density at radius 1 is 1.13 bits per heavy atom. The largest absolute Gasteiger partial charge is 0.490 e. The molecule has 4 rings (SSSR count). The maximum absolute atomic E-state index is 12.5. The Balaban J connectivity index is 1.33. The molecule has 2 bridgehead atoms. The molecule has 3 aliphatic rings. The molecule has 9 nitrogen and oxygen atoms in total. The molecule has 2 atom stereocenters. The summed E-state index contributed by atoms with van der Waals surface area (Å²) in [5, 5.41) is 11.1. The zero-order valence-electron chi connectivity index (χ0n) is 18.7. The molecule has 1 amide bonds. The molecule has 0 spiro atoms. The van der Waals surface area contributed by atoms with E-state index in [0.29, 0.717) is 17.8 Å². The molecule has 3 aliphatic heterocycles. The summed E-state index contributed by atoms with van der Waals surface area (Å²) in [6, 6.07) is 6.24. The first kappa shape index (κ1) is 21.7. The summed E-state index contributed by atoms with van der Waals surface area (Å²) in [6.45, 7) is 9.17. The third-order valence-electron chi connectivity index (χ3n) is 6.57. The van der Waals surface area contributed by atoms with Crippen molar-refractivity contribution in [2.24, 2.45) is 0 Å². The number of nitro benzene ring substituents is 1. The van der Waals surface area contributed by atoms with Crippen molar-refractivity contribution in [3.8, 4) is 5.75 Å². The lowest BCUT2D eigenvalue weighted by Gasteiger charge is -2.43. The van der Waals surface area contributed by atoms with Gasteiger partial charge < -0.3 is 19.3 Å². The van der Waals surface area contributed by atoms with Crippen molar-refractivity contribution in [2.75, 3.05) is 38.2 Å². The van der Waals surface area contributed by atoms with Crippen LogP contribution in [0.1, 0.15) is 40.0 Å². The van der Waals surface area contributed by atoms with Gasteiger partial charge in [-0.25, -0.2) is 4.79 Å². The summed E-state index contributed by atoms with van der Waals surface area (Å²) in [5.74, 6) is 0.295. The number of fused-ring (bicyclic) bond motifs is 2. The van der Waals surface area contributed by atoms with Crippen molar-refractivity contribution >= 4 is 17.5 Å². The summed E-state index contributed by atoms with van der Waals surface area (Å²) < 4.78 is 10.8. The Labute approximate surface area is 183 Å². The van der Waals surface area contributed by atoms with Crippen LogP contribution in [0.4, 0.5) is 16.2 Å². The number of carbonyl (C=O) groups excluding carboxylic acids is 1. The minimum Gasteiger partial charge on any atom is -0.490 e. The molecule has 3 saturated heterocycles. The van der Waals surface area contributed by atoms with Gasteiger partial charge in [0, 0.05) is 62.1 Å². The number of likely N-dealkylation sites (tertiary alicyclic amines) is 2. The van der Waals surface area contributed by atoms with E-state index in [2.05, 4.69) is 9.80 Å². The number of anilines is 1. The highest BCUT2D eigenvalue weighted by Crippen LogP contribution is 2.37. The van der Waals surface area contributed by atoms with Crippen molar-refractivity contribution in [2.45, 2.75) is 63.8 Å². The number of nitrogens with zero attached hydrogens (tertiary/aromatic N) is 4. The number of hydrogen-bond acceptors (Lipinski definition) is 7. The molecule has 3 heterocycles. The van der Waals surface area contributed by atoms with E-state index in [4.69, 9.17) is 9.47 Å². The molecule has 0 saturated carbocycles. The molecule has 1 aromatic carbocycles. The van der Waals surface area contributed by atoms with Gasteiger partial charge in [0.25, 0.3) is 0 Å². The predicted molar refractivity (Wildman–Crippen MR) is 117 cm³/mol. The van der Waals surface area contributed by atoms with Gasteiger partial charge in [-0.05, 0) is 46.1 Å². The third kappa shape index (κ3) is 4.42. The smallest absolute Gasteiger partial charge is 0.410 e. The van der Waals surface area contributed by atoms with Crippen LogP contribution in [0.25, 0.3) is 0 Å². The second-order valence-corrected chi connectivity index (χ2v) is 9.70. The number of amides is 1. The lowest BCUT2D eigenvalue weighted by molar-refractivity contribution is -0.385. The molecule has 3 fully saturated rings. The van der Waals surface area contributed by atoms with Crippen molar-refractivity contribution in [3.05, 3.63) is 28.3 Å². The number of hydrogen-bond donors (Lipinski definition) is 0. The molecule has 0 aromatic heterocycles. The van der Waals surface area contributed by atoms with Crippen LogP contribution in [0.3, 0.4) is 0 Å². The van der Waals surface area contributed by atoms with Crippen molar-refractivity contribution in [1.29, 1.82) is 0 Å². The SMILES string of the molecule is COc1cc(N2CCC(N3C[C@@H]4C[C@H]3CN4C(=O)OC(C)(C)C)CC2)ccc1[N+](=O)[O-]. The normalized spacial score (nSPS) is 24.5. The van der Waals surface area contributed by atoms with Crippen LogP contribution >= 0.6 is 0 Å². The molecule has 1 aromatic rings. The highest BCUT2D eigenvalue weighted by atomic mass is 16.6.